The van der Waals surface area contributed by atoms with Crippen LogP contribution in [-0.2, 0) is 9.53 Å². The van der Waals surface area contributed by atoms with Gasteiger partial charge in [-0.3, -0.25) is 9.69 Å². The number of nitrogens with one attached hydrogen (secondary N) is 1. The molecule has 1 atom stereocenters. The number of rotatable bonds is 8. The van der Waals surface area contributed by atoms with Crippen molar-refractivity contribution < 1.29 is 9.53 Å². The molecule has 6 heteroatoms. The topological polar surface area (TPSA) is 41.6 Å². The Hall–Kier alpha value is -0.750. The van der Waals surface area contributed by atoms with Crippen LogP contribution in [0.25, 0.3) is 0 Å². The van der Waals surface area contributed by atoms with Gasteiger partial charge in [-0.2, -0.15) is 0 Å². The largest absolute Gasteiger partial charge is 0.374 e. The van der Waals surface area contributed by atoms with Gasteiger partial charge in [0.05, 0.1) is 17.7 Å². The summed E-state index contributed by atoms with van der Waals surface area (Å²) < 4.78 is 5.75. The molecule has 0 aromatic heterocycles. The Kier molecular flexibility index (Phi) is 8.39. The molecule has 0 saturated carbocycles. The molecule has 1 unspecified atom stereocenters. The van der Waals surface area contributed by atoms with Crippen molar-refractivity contribution in [1.29, 1.82) is 0 Å². The first-order valence-corrected chi connectivity index (χ1v) is 9.89. The number of thioether (sulfide) groups is 1. The van der Waals surface area contributed by atoms with Crippen LogP contribution in [-0.4, -0.2) is 55.4 Å². The fourth-order valence-corrected chi connectivity index (χ4v) is 3.91. The molecule has 1 heterocycles. The Bertz CT molecular complexity index is 527. The van der Waals surface area contributed by atoms with Crippen molar-refractivity contribution in [1.82, 2.24) is 10.2 Å². The maximum absolute atomic E-state index is 12.0. The first kappa shape index (κ1) is 19.6. The normalized spacial score (nSPS) is 18.8. The minimum absolute atomic E-state index is 0.0686. The van der Waals surface area contributed by atoms with Crippen molar-refractivity contribution >= 4 is 29.3 Å². The van der Waals surface area contributed by atoms with Gasteiger partial charge in [0.15, 0.2) is 0 Å². The van der Waals surface area contributed by atoms with E-state index in [9.17, 15) is 4.79 Å². The van der Waals surface area contributed by atoms with Crippen molar-refractivity contribution in [2.75, 3.05) is 38.5 Å². The van der Waals surface area contributed by atoms with Gasteiger partial charge in [0.25, 0.3) is 0 Å². The van der Waals surface area contributed by atoms with Crippen molar-refractivity contribution in [2.24, 2.45) is 5.92 Å². The highest BCUT2D eigenvalue weighted by Gasteiger charge is 2.21. The van der Waals surface area contributed by atoms with Crippen LogP contribution in [0.15, 0.2) is 29.2 Å². The summed E-state index contributed by atoms with van der Waals surface area (Å²) in [6.45, 7) is 8.75. The van der Waals surface area contributed by atoms with E-state index in [1.807, 2.05) is 24.3 Å². The summed E-state index contributed by atoms with van der Waals surface area (Å²) in [4.78, 5) is 15.4. The predicted molar refractivity (Wildman–Crippen MR) is 101 cm³/mol. The maximum atomic E-state index is 12.0. The molecule has 1 fully saturated rings. The lowest BCUT2D eigenvalue weighted by atomic mass is 10.2. The van der Waals surface area contributed by atoms with Crippen LogP contribution in [0.1, 0.15) is 20.3 Å². The molecule has 1 aromatic rings. The molecule has 2 rings (SSSR count). The van der Waals surface area contributed by atoms with E-state index < -0.39 is 0 Å². The van der Waals surface area contributed by atoms with E-state index in [1.54, 1.807) is 11.8 Å². The Morgan fingerprint density at radius 3 is 3.00 bits per heavy atom. The third-order valence-electron chi connectivity index (χ3n) is 3.80. The van der Waals surface area contributed by atoms with Crippen LogP contribution in [0.4, 0.5) is 0 Å². The first-order chi connectivity index (χ1) is 11.5. The average molecular weight is 371 g/mol. The van der Waals surface area contributed by atoms with Crippen LogP contribution < -0.4 is 5.32 Å². The number of hydrogen-bond donors (Lipinski definition) is 1. The summed E-state index contributed by atoms with van der Waals surface area (Å²) in [5, 5.41) is 3.73. The number of carbonyl (C=O) groups excluding carboxylic acids is 1. The number of ether oxygens (including phenoxy) is 1. The molecule has 0 radical (unpaired) electrons. The molecule has 134 valence electrons. The third kappa shape index (κ3) is 7.01. The molecule has 4 nitrogen and oxygen atoms in total. The lowest BCUT2D eigenvalue weighted by Crippen LogP contribution is -2.48. The van der Waals surface area contributed by atoms with Crippen molar-refractivity contribution in [3.05, 3.63) is 29.3 Å². The molecule has 1 N–H and O–H groups in total. The molecule has 1 aliphatic heterocycles. The van der Waals surface area contributed by atoms with Gasteiger partial charge in [-0.15, -0.1) is 11.8 Å². The molecule has 0 aliphatic carbocycles. The molecule has 1 aliphatic rings. The summed E-state index contributed by atoms with van der Waals surface area (Å²) in [7, 11) is 0. The Balaban J connectivity index is 1.63. The summed E-state index contributed by atoms with van der Waals surface area (Å²) in [5.41, 5.74) is 0. The van der Waals surface area contributed by atoms with Gasteiger partial charge < -0.3 is 10.1 Å². The molecule has 1 saturated heterocycles. The number of hydrogen-bond acceptors (Lipinski definition) is 4. The van der Waals surface area contributed by atoms with Crippen LogP contribution in [0.2, 0.25) is 5.02 Å². The Labute approximate surface area is 154 Å². The fourth-order valence-electron chi connectivity index (χ4n) is 2.72. The van der Waals surface area contributed by atoms with E-state index in [2.05, 4.69) is 24.1 Å². The summed E-state index contributed by atoms with van der Waals surface area (Å²) in [5.74, 6) is 1.44. The van der Waals surface area contributed by atoms with Crippen LogP contribution in [0.5, 0.6) is 0 Å². The zero-order valence-electron chi connectivity index (χ0n) is 14.5. The van der Waals surface area contributed by atoms with Gasteiger partial charge in [0, 0.05) is 43.2 Å². The molecule has 1 amide bonds. The first-order valence-electron chi connectivity index (χ1n) is 8.52. The van der Waals surface area contributed by atoms with Crippen LogP contribution >= 0.6 is 23.4 Å². The minimum Gasteiger partial charge on any atom is -0.374 e. The van der Waals surface area contributed by atoms with Crippen LogP contribution in [0.3, 0.4) is 0 Å². The molecular formula is C18H27ClN2O2S. The SMILES string of the molecule is CC(C)CN1CCOC(CNC(=O)CCSc2ccccc2Cl)C1. The quantitative estimate of drug-likeness (QED) is 0.713. The van der Waals surface area contributed by atoms with Gasteiger partial charge in [-0.25, -0.2) is 0 Å². The highest BCUT2D eigenvalue weighted by Crippen LogP contribution is 2.26. The van der Waals surface area contributed by atoms with Crippen molar-refractivity contribution in [3.8, 4) is 0 Å². The highest BCUT2D eigenvalue weighted by molar-refractivity contribution is 7.99. The van der Waals surface area contributed by atoms with E-state index in [0.717, 1.165) is 41.9 Å². The number of halogens is 1. The van der Waals surface area contributed by atoms with Crippen LogP contribution in [0, 0.1) is 5.92 Å². The Morgan fingerprint density at radius 2 is 2.25 bits per heavy atom. The van der Waals surface area contributed by atoms with E-state index in [0.29, 0.717) is 18.9 Å². The number of benzene rings is 1. The van der Waals surface area contributed by atoms with E-state index in [-0.39, 0.29) is 12.0 Å². The van der Waals surface area contributed by atoms with Crippen molar-refractivity contribution in [3.63, 3.8) is 0 Å². The lowest BCUT2D eigenvalue weighted by Gasteiger charge is -2.33. The van der Waals surface area contributed by atoms with Gasteiger partial charge >= 0.3 is 0 Å². The van der Waals surface area contributed by atoms with E-state index in [1.165, 1.54) is 0 Å². The molecule has 0 spiro atoms. The number of nitrogens with zero attached hydrogens (tertiary/aromatic N) is 1. The summed E-state index contributed by atoms with van der Waals surface area (Å²) in [6.07, 6.45) is 0.580. The summed E-state index contributed by atoms with van der Waals surface area (Å²) >= 11 is 7.72. The van der Waals surface area contributed by atoms with Gasteiger partial charge in [-0.1, -0.05) is 37.6 Å². The molecule has 1 aromatic carbocycles. The minimum atomic E-state index is 0.0686. The maximum Gasteiger partial charge on any atom is 0.220 e. The number of morpholine rings is 1. The highest BCUT2D eigenvalue weighted by atomic mass is 35.5. The average Bonchev–Trinajstić information content (AvgIpc) is 2.54. The number of amides is 1. The van der Waals surface area contributed by atoms with Gasteiger partial charge in [-0.05, 0) is 18.1 Å². The smallest absolute Gasteiger partial charge is 0.220 e. The van der Waals surface area contributed by atoms with E-state index in [4.69, 9.17) is 16.3 Å². The second-order valence-electron chi connectivity index (χ2n) is 6.48. The van der Waals surface area contributed by atoms with Crippen molar-refractivity contribution in [2.45, 2.75) is 31.3 Å². The second-order valence-corrected chi connectivity index (χ2v) is 8.02. The monoisotopic (exact) mass is 370 g/mol. The standard InChI is InChI=1S/C18H27ClN2O2S/c1-14(2)12-21-8-9-23-15(13-21)11-20-18(22)7-10-24-17-6-4-3-5-16(17)19/h3-6,14-15H,7-13H2,1-2H3,(H,20,22). The zero-order chi connectivity index (χ0) is 17.4. The molecular weight excluding hydrogens is 344 g/mol. The molecule has 24 heavy (non-hydrogen) atoms. The molecule has 0 bridgehead atoms. The number of carbonyl (C=O) groups is 1. The lowest BCUT2D eigenvalue weighted by molar-refractivity contribution is -0.121. The van der Waals surface area contributed by atoms with Gasteiger partial charge in [0.2, 0.25) is 5.91 Å². The fraction of sp³-hybridized carbons (Fsp3) is 0.611. The second kappa shape index (κ2) is 10.3. The van der Waals surface area contributed by atoms with Gasteiger partial charge in [0.1, 0.15) is 0 Å². The summed E-state index contributed by atoms with van der Waals surface area (Å²) in [6, 6.07) is 7.71. The third-order valence-corrected chi connectivity index (χ3v) is 5.31. The predicted octanol–water partition coefficient (Wildman–Crippen LogP) is 3.30. The van der Waals surface area contributed by atoms with E-state index >= 15 is 0 Å². The Morgan fingerprint density at radius 1 is 1.46 bits per heavy atom. The zero-order valence-corrected chi connectivity index (χ0v) is 16.0.